The number of amides is 1. The van der Waals surface area contributed by atoms with E-state index in [1.54, 1.807) is 19.2 Å². The van der Waals surface area contributed by atoms with Crippen LogP contribution in [0.5, 0.6) is 0 Å². The molecule has 4 heterocycles. The lowest BCUT2D eigenvalue weighted by Crippen LogP contribution is -2.60. The number of halogens is 1. The average Bonchev–Trinajstić information content (AvgIpc) is 3.58. The van der Waals surface area contributed by atoms with Crippen LogP contribution in [0.4, 0.5) is 4.39 Å². The van der Waals surface area contributed by atoms with E-state index in [4.69, 9.17) is 4.74 Å². The molecule has 184 valence electrons. The number of piperazine rings is 1. The fraction of sp³-hybridized carbons (Fsp3) is 0.458. The molecule has 3 aliphatic rings. The molecule has 0 bridgehead atoms. The van der Waals surface area contributed by atoms with Crippen LogP contribution in [0.25, 0.3) is 5.95 Å². The van der Waals surface area contributed by atoms with Crippen LogP contribution < -0.4 is 0 Å². The summed E-state index contributed by atoms with van der Waals surface area (Å²) in [5.41, 5.74) is 3.27. The number of nitriles is 1. The number of tetrazole rings is 1. The maximum Gasteiger partial charge on any atom is 0.253 e. The lowest BCUT2D eigenvalue weighted by atomic mass is 9.96. The molecule has 2 saturated heterocycles. The molecule has 11 nitrogen and oxygen atoms in total. The monoisotopic (exact) mass is 489 g/mol. The number of morpholine rings is 1. The number of benzene rings is 1. The molecule has 0 N–H and O–H groups in total. The molecule has 3 aromatic rings. The van der Waals surface area contributed by atoms with E-state index in [-0.39, 0.29) is 29.5 Å². The van der Waals surface area contributed by atoms with Gasteiger partial charge < -0.3 is 9.64 Å². The Morgan fingerprint density at radius 1 is 1.25 bits per heavy atom. The number of aryl methyl sites for hydroxylation is 1. The molecule has 1 aliphatic carbocycles. The number of ether oxygens (including phenoxy) is 1. The van der Waals surface area contributed by atoms with Crippen molar-refractivity contribution in [1.29, 1.82) is 5.26 Å². The zero-order valence-corrected chi connectivity index (χ0v) is 19.7. The summed E-state index contributed by atoms with van der Waals surface area (Å²) in [6.07, 6.45) is 4.34. The number of aromatic nitrogens is 6. The predicted molar refractivity (Wildman–Crippen MR) is 122 cm³/mol. The molecule has 2 fully saturated rings. The summed E-state index contributed by atoms with van der Waals surface area (Å²) < 4.78 is 21.5. The first kappa shape index (κ1) is 22.6. The van der Waals surface area contributed by atoms with Crippen LogP contribution >= 0.6 is 0 Å². The topological polar surface area (TPSA) is 126 Å². The second-order valence-corrected chi connectivity index (χ2v) is 9.42. The van der Waals surface area contributed by atoms with Crippen molar-refractivity contribution in [2.75, 3.05) is 32.8 Å². The van der Waals surface area contributed by atoms with Gasteiger partial charge in [0, 0.05) is 37.9 Å². The summed E-state index contributed by atoms with van der Waals surface area (Å²) in [5, 5.41) is 20.4. The van der Waals surface area contributed by atoms with E-state index in [0.717, 1.165) is 23.4 Å². The first-order valence-electron chi connectivity index (χ1n) is 12.0. The van der Waals surface area contributed by atoms with Gasteiger partial charge in [-0.2, -0.15) is 9.94 Å². The molecule has 0 saturated carbocycles. The van der Waals surface area contributed by atoms with Gasteiger partial charge in [0.2, 0.25) is 5.91 Å². The Morgan fingerprint density at radius 3 is 2.94 bits per heavy atom. The van der Waals surface area contributed by atoms with E-state index < -0.39 is 5.82 Å². The Labute approximate surface area is 206 Å². The second-order valence-electron chi connectivity index (χ2n) is 9.42. The van der Waals surface area contributed by atoms with Gasteiger partial charge in [-0.3, -0.25) is 9.69 Å². The zero-order valence-electron chi connectivity index (χ0n) is 19.7. The van der Waals surface area contributed by atoms with Crippen LogP contribution in [-0.2, 0) is 16.0 Å². The van der Waals surface area contributed by atoms with Crippen LogP contribution in [0.3, 0.4) is 0 Å². The molecule has 0 radical (unpaired) electrons. The molecule has 3 atom stereocenters. The maximum atomic E-state index is 14.0. The summed E-state index contributed by atoms with van der Waals surface area (Å²) in [6.45, 7) is 4.82. The molecule has 12 heteroatoms. The third-order valence-corrected chi connectivity index (χ3v) is 7.51. The third-order valence-electron chi connectivity index (χ3n) is 7.51. The van der Waals surface area contributed by atoms with Gasteiger partial charge in [0.05, 0.1) is 35.9 Å². The van der Waals surface area contributed by atoms with Gasteiger partial charge in [0.15, 0.2) is 0 Å². The van der Waals surface area contributed by atoms with Crippen molar-refractivity contribution in [3.63, 3.8) is 0 Å². The molecule has 1 amide bonds. The maximum absolute atomic E-state index is 14.0. The molecule has 1 aromatic carbocycles. The van der Waals surface area contributed by atoms with E-state index in [2.05, 4.69) is 30.4 Å². The fourth-order valence-corrected chi connectivity index (χ4v) is 5.54. The molecular formula is C24H24FN9O2. The highest BCUT2D eigenvalue weighted by Gasteiger charge is 2.39. The van der Waals surface area contributed by atoms with Crippen molar-refractivity contribution in [3.05, 3.63) is 58.4 Å². The van der Waals surface area contributed by atoms with E-state index in [1.165, 1.54) is 17.1 Å². The lowest BCUT2D eigenvalue weighted by Gasteiger charge is -2.46. The van der Waals surface area contributed by atoms with E-state index in [9.17, 15) is 14.4 Å². The minimum absolute atomic E-state index is 0.0690. The summed E-state index contributed by atoms with van der Waals surface area (Å²) in [4.78, 5) is 26.7. The van der Waals surface area contributed by atoms with Crippen LogP contribution in [-0.4, -0.2) is 84.7 Å². The zero-order chi connectivity index (χ0) is 24.8. The largest absolute Gasteiger partial charge is 0.370 e. The third kappa shape index (κ3) is 3.81. The van der Waals surface area contributed by atoms with Gasteiger partial charge in [-0.25, -0.2) is 14.4 Å². The number of carbonyl (C=O) groups excluding carboxylic acids is 1. The minimum atomic E-state index is -0.509. The summed E-state index contributed by atoms with van der Waals surface area (Å²) >= 11 is 0. The molecule has 0 unspecified atom stereocenters. The van der Waals surface area contributed by atoms with Crippen molar-refractivity contribution in [1.82, 2.24) is 40.0 Å². The number of rotatable bonds is 3. The highest BCUT2D eigenvalue weighted by atomic mass is 19.1. The Bertz CT molecular complexity index is 1360. The average molecular weight is 490 g/mol. The van der Waals surface area contributed by atoms with Gasteiger partial charge in [-0.15, -0.1) is 5.10 Å². The molecule has 6 rings (SSSR count). The number of fused-ring (bicyclic) bond motifs is 2. The van der Waals surface area contributed by atoms with Gasteiger partial charge in [0.25, 0.3) is 5.95 Å². The minimum Gasteiger partial charge on any atom is -0.370 e. The SMILES string of the molecule is Cc1c([C@@H]2CN3CCN(C(=O)[C@H]4CCc5nc(-n6cnnn6)ncc54)C[C@@H]3CO2)ccc(F)c1C#N. The Hall–Kier alpha value is -3.82. The van der Waals surface area contributed by atoms with E-state index in [0.29, 0.717) is 50.6 Å². The van der Waals surface area contributed by atoms with Crippen LogP contribution in [0.15, 0.2) is 24.7 Å². The van der Waals surface area contributed by atoms with Crippen molar-refractivity contribution in [3.8, 4) is 12.0 Å². The summed E-state index contributed by atoms with van der Waals surface area (Å²) in [7, 11) is 0. The first-order chi connectivity index (χ1) is 17.5. The first-order valence-corrected chi connectivity index (χ1v) is 12.0. The van der Waals surface area contributed by atoms with E-state index in [1.807, 2.05) is 11.0 Å². The standard InChI is InChI=1S/C24H24FN9O2/c1-14-16(2-4-20(25)18(14)8-26)22-11-32-6-7-33(10-15(32)12-36-22)23(35)17-3-5-21-19(17)9-27-24(29-21)34-13-28-30-31-34/h2,4,9,13,15,17,22H,3,5-7,10-12H2,1H3/t15-,17+,22+/m1/s1. The van der Waals surface area contributed by atoms with Gasteiger partial charge in [-0.1, -0.05) is 6.07 Å². The van der Waals surface area contributed by atoms with Crippen molar-refractivity contribution in [2.45, 2.75) is 37.8 Å². The highest BCUT2D eigenvalue weighted by molar-refractivity contribution is 5.85. The van der Waals surface area contributed by atoms with Crippen LogP contribution in [0.2, 0.25) is 0 Å². The quantitative estimate of drug-likeness (QED) is 0.531. The normalized spacial score (nSPS) is 23.7. The van der Waals surface area contributed by atoms with Gasteiger partial charge in [-0.05, 0) is 47.4 Å². The Balaban J connectivity index is 1.12. The number of hydrogen-bond donors (Lipinski definition) is 0. The van der Waals surface area contributed by atoms with Crippen LogP contribution in [0.1, 0.15) is 46.4 Å². The second kappa shape index (κ2) is 9.00. The molecule has 2 aliphatic heterocycles. The van der Waals surface area contributed by atoms with Crippen molar-refractivity contribution in [2.24, 2.45) is 0 Å². The smallest absolute Gasteiger partial charge is 0.253 e. The molecule has 2 aromatic heterocycles. The molecule has 0 spiro atoms. The van der Waals surface area contributed by atoms with E-state index >= 15 is 0 Å². The van der Waals surface area contributed by atoms with Crippen LogP contribution in [0, 0.1) is 24.1 Å². The van der Waals surface area contributed by atoms with Gasteiger partial charge in [0.1, 0.15) is 18.2 Å². The Morgan fingerprint density at radius 2 is 2.14 bits per heavy atom. The summed E-state index contributed by atoms with van der Waals surface area (Å²) in [5.74, 6) is -0.266. The molecule has 36 heavy (non-hydrogen) atoms. The lowest BCUT2D eigenvalue weighted by molar-refractivity contribution is -0.141. The highest BCUT2D eigenvalue weighted by Crippen LogP contribution is 2.35. The summed E-state index contributed by atoms with van der Waals surface area (Å²) in [6, 6.07) is 5.09. The number of hydrogen-bond acceptors (Lipinski definition) is 9. The molecular weight excluding hydrogens is 465 g/mol. The predicted octanol–water partition coefficient (Wildman–Crippen LogP) is 1.09. The number of carbonyl (C=O) groups is 1. The number of nitrogens with zero attached hydrogens (tertiary/aromatic N) is 9. The van der Waals surface area contributed by atoms with Crippen molar-refractivity contribution >= 4 is 5.91 Å². The Kier molecular flexibility index (Phi) is 5.66. The van der Waals surface area contributed by atoms with Crippen molar-refractivity contribution < 1.29 is 13.9 Å². The fourth-order valence-electron chi connectivity index (χ4n) is 5.54. The van der Waals surface area contributed by atoms with Gasteiger partial charge >= 0.3 is 0 Å².